The van der Waals surface area contributed by atoms with Gasteiger partial charge in [0, 0.05) is 5.54 Å². The summed E-state index contributed by atoms with van der Waals surface area (Å²) in [6.45, 7) is 3.47. The van der Waals surface area contributed by atoms with E-state index in [1.54, 1.807) is 13.8 Å². The fraction of sp³-hybridized carbons (Fsp3) is 1.00. The SMILES string of the molecule is CC(C)(N)C1(F)CC1. The molecular formula is C6H12FN. The molecule has 0 amide bonds. The Morgan fingerprint density at radius 1 is 1.50 bits per heavy atom. The highest BCUT2D eigenvalue weighted by Gasteiger charge is 2.53. The van der Waals surface area contributed by atoms with E-state index in [4.69, 9.17) is 5.73 Å². The molecule has 0 aliphatic heterocycles. The number of nitrogens with two attached hydrogens (primary N) is 1. The van der Waals surface area contributed by atoms with Crippen LogP contribution < -0.4 is 5.73 Å². The summed E-state index contributed by atoms with van der Waals surface area (Å²) in [5.41, 5.74) is 3.85. The van der Waals surface area contributed by atoms with Gasteiger partial charge in [-0.15, -0.1) is 0 Å². The van der Waals surface area contributed by atoms with Gasteiger partial charge in [-0.2, -0.15) is 0 Å². The zero-order chi connectivity index (χ0) is 6.41. The Bertz CT molecular complexity index is 96.3. The first-order chi connectivity index (χ1) is 3.46. The number of hydrogen-bond donors (Lipinski definition) is 1. The van der Waals surface area contributed by atoms with Gasteiger partial charge >= 0.3 is 0 Å². The molecule has 0 radical (unpaired) electrons. The van der Waals surface area contributed by atoms with Gasteiger partial charge in [0.1, 0.15) is 5.67 Å². The van der Waals surface area contributed by atoms with E-state index >= 15 is 0 Å². The molecule has 1 aliphatic rings. The van der Waals surface area contributed by atoms with E-state index in [-0.39, 0.29) is 0 Å². The summed E-state index contributed by atoms with van der Waals surface area (Å²) in [4.78, 5) is 0. The number of rotatable bonds is 1. The van der Waals surface area contributed by atoms with Gasteiger partial charge in [-0.3, -0.25) is 0 Å². The molecule has 0 bridgehead atoms. The Balaban J connectivity index is 2.58. The maximum Gasteiger partial charge on any atom is 0.128 e. The minimum Gasteiger partial charge on any atom is -0.323 e. The minimum absolute atomic E-state index is 0.618. The van der Waals surface area contributed by atoms with Crippen LogP contribution in [0.5, 0.6) is 0 Å². The topological polar surface area (TPSA) is 26.0 Å². The van der Waals surface area contributed by atoms with Gasteiger partial charge in [0.25, 0.3) is 0 Å². The van der Waals surface area contributed by atoms with Crippen molar-refractivity contribution in [3.05, 3.63) is 0 Å². The smallest absolute Gasteiger partial charge is 0.128 e. The summed E-state index contributed by atoms with van der Waals surface area (Å²) in [5, 5.41) is 0. The molecular weight excluding hydrogens is 105 g/mol. The Morgan fingerprint density at radius 3 is 1.88 bits per heavy atom. The molecule has 0 aromatic carbocycles. The first-order valence-corrected chi connectivity index (χ1v) is 2.93. The minimum atomic E-state index is -1.03. The van der Waals surface area contributed by atoms with Crippen molar-refractivity contribution < 1.29 is 4.39 Å². The molecule has 1 fully saturated rings. The van der Waals surface area contributed by atoms with E-state index < -0.39 is 11.2 Å². The third-order valence-corrected chi connectivity index (χ3v) is 1.84. The molecule has 1 nitrogen and oxygen atoms in total. The lowest BCUT2D eigenvalue weighted by Gasteiger charge is -2.22. The van der Waals surface area contributed by atoms with Gasteiger partial charge < -0.3 is 5.73 Å². The van der Waals surface area contributed by atoms with E-state index in [9.17, 15) is 4.39 Å². The Hall–Kier alpha value is -0.110. The van der Waals surface area contributed by atoms with Gasteiger partial charge in [0.2, 0.25) is 0 Å². The molecule has 1 rings (SSSR count). The highest BCUT2D eigenvalue weighted by Crippen LogP contribution is 2.46. The number of hydrogen-bond acceptors (Lipinski definition) is 1. The van der Waals surface area contributed by atoms with E-state index in [0.717, 1.165) is 0 Å². The normalized spacial score (nSPS) is 25.5. The van der Waals surface area contributed by atoms with Crippen LogP contribution >= 0.6 is 0 Å². The maximum absolute atomic E-state index is 12.9. The van der Waals surface area contributed by atoms with Crippen LogP contribution in [0, 0.1) is 0 Å². The van der Waals surface area contributed by atoms with E-state index in [0.29, 0.717) is 12.8 Å². The Labute approximate surface area is 49.1 Å². The van der Waals surface area contributed by atoms with Crippen molar-refractivity contribution >= 4 is 0 Å². The van der Waals surface area contributed by atoms with Crippen molar-refractivity contribution in [2.45, 2.75) is 37.9 Å². The van der Waals surface area contributed by atoms with E-state index in [1.165, 1.54) is 0 Å². The average Bonchev–Trinajstić information content (AvgIpc) is 2.16. The van der Waals surface area contributed by atoms with Crippen molar-refractivity contribution in [3.63, 3.8) is 0 Å². The molecule has 0 aromatic heterocycles. The van der Waals surface area contributed by atoms with E-state index in [1.807, 2.05) is 0 Å². The van der Waals surface area contributed by atoms with Crippen LogP contribution in [-0.2, 0) is 0 Å². The lowest BCUT2D eigenvalue weighted by Crippen LogP contribution is -2.44. The molecule has 2 heteroatoms. The molecule has 48 valence electrons. The quantitative estimate of drug-likeness (QED) is 0.549. The van der Waals surface area contributed by atoms with Gasteiger partial charge in [-0.05, 0) is 26.7 Å². The molecule has 2 N–H and O–H groups in total. The van der Waals surface area contributed by atoms with Crippen LogP contribution in [0.15, 0.2) is 0 Å². The van der Waals surface area contributed by atoms with E-state index in [2.05, 4.69) is 0 Å². The molecule has 0 saturated heterocycles. The van der Waals surface area contributed by atoms with Crippen LogP contribution in [0.1, 0.15) is 26.7 Å². The van der Waals surface area contributed by atoms with Crippen LogP contribution in [0.25, 0.3) is 0 Å². The predicted molar refractivity (Wildman–Crippen MR) is 31.3 cm³/mol. The molecule has 0 unspecified atom stereocenters. The van der Waals surface area contributed by atoms with Gasteiger partial charge in [0.05, 0.1) is 0 Å². The van der Waals surface area contributed by atoms with Crippen molar-refractivity contribution in [1.82, 2.24) is 0 Å². The van der Waals surface area contributed by atoms with Crippen LogP contribution in [0.3, 0.4) is 0 Å². The first kappa shape index (κ1) is 6.02. The summed E-state index contributed by atoms with van der Waals surface area (Å²) in [7, 11) is 0. The van der Waals surface area contributed by atoms with Gasteiger partial charge in [0.15, 0.2) is 0 Å². The second-order valence-corrected chi connectivity index (χ2v) is 3.19. The lowest BCUT2D eigenvalue weighted by atomic mass is 9.98. The fourth-order valence-electron chi connectivity index (χ4n) is 0.754. The molecule has 8 heavy (non-hydrogen) atoms. The van der Waals surface area contributed by atoms with Crippen molar-refractivity contribution in [2.24, 2.45) is 5.73 Å². The summed E-state index contributed by atoms with van der Waals surface area (Å²) < 4.78 is 12.9. The van der Waals surface area contributed by atoms with Crippen LogP contribution in [0.2, 0.25) is 0 Å². The van der Waals surface area contributed by atoms with Crippen molar-refractivity contribution in [2.75, 3.05) is 0 Å². The molecule has 0 aromatic rings. The largest absolute Gasteiger partial charge is 0.323 e. The molecule has 0 heterocycles. The fourth-order valence-corrected chi connectivity index (χ4v) is 0.754. The second kappa shape index (κ2) is 1.24. The number of halogens is 1. The summed E-state index contributed by atoms with van der Waals surface area (Å²) >= 11 is 0. The first-order valence-electron chi connectivity index (χ1n) is 2.93. The molecule has 1 saturated carbocycles. The third-order valence-electron chi connectivity index (χ3n) is 1.84. The highest BCUT2D eigenvalue weighted by molar-refractivity contribution is 5.08. The lowest BCUT2D eigenvalue weighted by molar-refractivity contribution is 0.194. The molecule has 0 spiro atoms. The van der Waals surface area contributed by atoms with Crippen LogP contribution in [0.4, 0.5) is 4.39 Å². The standard InChI is InChI=1S/C6H12FN/c1-5(2,8)6(7)3-4-6/h3-4,8H2,1-2H3. The zero-order valence-corrected chi connectivity index (χ0v) is 5.37. The predicted octanol–water partition coefficient (Wildman–Crippen LogP) is 1.23. The molecule has 1 aliphatic carbocycles. The highest BCUT2D eigenvalue weighted by atomic mass is 19.1. The molecule has 0 atom stereocenters. The van der Waals surface area contributed by atoms with Gasteiger partial charge in [-0.1, -0.05) is 0 Å². The van der Waals surface area contributed by atoms with Crippen molar-refractivity contribution in [1.29, 1.82) is 0 Å². The average molecular weight is 117 g/mol. The monoisotopic (exact) mass is 117 g/mol. The second-order valence-electron chi connectivity index (χ2n) is 3.19. The maximum atomic E-state index is 12.9. The Morgan fingerprint density at radius 2 is 1.88 bits per heavy atom. The Kier molecular flexibility index (Phi) is 0.932. The van der Waals surface area contributed by atoms with Crippen molar-refractivity contribution in [3.8, 4) is 0 Å². The van der Waals surface area contributed by atoms with Crippen LogP contribution in [-0.4, -0.2) is 11.2 Å². The summed E-state index contributed by atoms with van der Waals surface area (Å²) in [6.07, 6.45) is 1.30. The summed E-state index contributed by atoms with van der Waals surface area (Å²) in [5.74, 6) is 0. The zero-order valence-electron chi connectivity index (χ0n) is 5.37. The third kappa shape index (κ3) is 0.730. The number of alkyl halides is 1. The van der Waals surface area contributed by atoms with Gasteiger partial charge in [-0.25, -0.2) is 4.39 Å². The summed E-state index contributed by atoms with van der Waals surface area (Å²) in [6, 6.07) is 0.